The first-order valence-corrected chi connectivity index (χ1v) is 9.55. The van der Waals surface area contributed by atoms with Crippen molar-refractivity contribution in [2.75, 3.05) is 19.3 Å². The molecule has 1 rings (SSSR count). The van der Waals surface area contributed by atoms with E-state index in [-0.39, 0.29) is 26.7 Å². The van der Waals surface area contributed by atoms with E-state index in [2.05, 4.69) is 16.6 Å². The first-order chi connectivity index (χ1) is 9.81. The summed E-state index contributed by atoms with van der Waals surface area (Å²) in [4.78, 5) is -0.127. The van der Waals surface area contributed by atoms with E-state index in [4.69, 9.17) is 28.9 Å². The fraction of sp³-hybridized carbons (Fsp3) is 0.385. The van der Waals surface area contributed by atoms with Crippen LogP contribution >= 0.6 is 35.0 Å². The number of nitrogens with two attached hydrogens (primary N) is 1. The molecule has 21 heavy (non-hydrogen) atoms. The van der Waals surface area contributed by atoms with E-state index in [1.54, 1.807) is 11.8 Å². The Hall–Kier alpha value is -0.420. The van der Waals surface area contributed by atoms with Gasteiger partial charge < -0.3 is 5.73 Å². The minimum Gasteiger partial charge on any atom is -0.320 e. The predicted octanol–water partition coefficient (Wildman–Crippen LogP) is 2.33. The minimum atomic E-state index is -3.76. The molecule has 0 saturated carbocycles. The molecule has 116 valence electrons. The number of thioether (sulfide) groups is 1. The van der Waals surface area contributed by atoms with E-state index >= 15 is 0 Å². The van der Waals surface area contributed by atoms with Crippen LogP contribution in [0.25, 0.3) is 0 Å². The number of hydrogen-bond donors (Lipinski definition) is 2. The molecule has 0 heterocycles. The number of hydrogen-bond acceptors (Lipinski definition) is 4. The molecule has 0 bridgehead atoms. The molecule has 0 saturated heterocycles. The Balaban J connectivity index is 3.13. The lowest BCUT2D eigenvalue weighted by molar-refractivity contribution is 0.581. The maximum atomic E-state index is 12.3. The largest absolute Gasteiger partial charge is 0.320 e. The van der Waals surface area contributed by atoms with Crippen molar-refractivity contribution in [3.63, 3.8) is 0 Å². The minimum absolute atomic E-state index is 0.0353. The highest BCUT2D eigenvalue weighted by atomic mass is 35.5. The highest BCUT2D eigenvalue weighted by molar-refractivity contribution is 7.99. The van der Waals surface area contributed by atoms with Gasteiger partial charge in [-0.15, -0.1) is 0 Å². The lowest BCUT2D eigenvalue weighted by Crippen LogP contribution is -2.30. The Labute approximate surface area is 139 Å². The van der Waals surface area contributed by atoms with Gasteiger partial charge in [-0.05, 0) is 18.4 Å². The van der Waals surface area contributed by atoms with Crippen LogP contribution in [0.4, 0.5) is 0 Å². The summed E-state index contributed by atoms with van der Waals surface area (Å²) >= 11 is 13.6. The van der Waals surface area contributed by atoms with Gasteiger partial charge in [-0.3, -0.25) is 0 Å². The summed E-state index contributed by atoms with van der Waals surface area (Å²) < 4.78 is 27.0. The summed E-state index contributed by atoms with van der Waals surface area (Å²) in [5.74, 6) is 5.42. The zero-order valence-corrected chi connectivity index (χ0v) is 14.8. The number of benzene rings is 1. The fourth-order valence-electron chi connectivity index (χ4n) is 1.42. The van der Waals surface area contributed by atoms with Crippen LogP contribution in [0, 0.1) is 11.8 Å². The van der Waals surface area contributed by atoms with Crippen LogP contribution in [0.1, 0.15) is 12.5 Å². The molecule has 0 fully saturated rings. The third kappa shape index (κ3) is 5.37. The van der Waals surface area contributed by atoms with E-state index in [9.17, 15) is 8.42 Å². The molecule has 1 unspecified atom stereocenters. The first-order valence-electron chi connectivity index (χ1n) is 6.02. The molecule has 0 aliphatic heterocycles. The smallest absolute Gasteiger partial charge is 0.243 e. The lowest BCUT2D eigenvalue weighted by atomic mass is 10.2. The van der Waals surface area contributed by atoms with Crippen LogP contribution in [0.15, 0.2) is 17.0 Å². The lowest BCUT2D eigenvalue weighted by Gasteiger charge is -2.13. The fourth-order valence-corrected chi connectivity index (χ4v) is 4.12. The average molecular weight is 367 g/mol. The van der Waals surface area contributed by atoms with Gasteiger partial charge in [-0.1, -0.05) is 42.0 Å². The van der Waals surface area contributed by atoms with E-state index < -0.39 is 10.0 Å². The van der Waals surface area contributed by atoms with Crippen molar-refractivity contribution in [1.29, 1.82) is 0 Å². The Kier molecular flexibility index (Phi) is 7.34. The molecule has 0 aliphatic rings. The van der Waals surface area contributed by atoms with Gasteiger partial charge in [-0.25, -0.2) is 13.1 Å². The topological polar surface area (TPSA) is 72.2 Å². The number of sulfonamides is 1. The Bertz CT molecular complexity index is 643. The molecule has 0 amide bonds. The van der Waals surface area contributed by atoms with Crippen LogP contribution in [0.3, 0.4) is 0 Å². The zero-order valence-electron chi connectivity index (χ0n) is 11.6. The van der Waals surface area contributed by atoms with E-state index in [0.29, 0.717) is 12.1 Å². The number of nitrogens with one attached hydrogen (secondary N) is 1. The molecular formula is C13H16Cl2N2O2S2. The van der Waals surface area contributed by atoms with Crippen LogP contribution in [0.5, 0.6) is 0 Å². The van der Waals surface area contributed by atoms with Gasteiger partial charge in [-0.2, -0.15) is 11.8 Å². The summed E-state index contributed by atoms with van der Waals surface area (Å²) in [6.45, 7) is 2.41. The van der Waals surface area contributed by atoms with Crippen LogP contribution in [-0.4, -0.2) is 33.0 Å². The second kappa shape index (κ2) is 8.28. The molecule has 1 atom stereocenters. The summed E-state index contributed by atoms with van der Waals surface area (Å²) in [5.41, 5.74) is 5.81. The Morgan fingerprint density at radius 3 is 2.43 bits per heavy atom. The van der Waals surface area contributed by atoms with Crippen molar-refractivity contribution in [3.05, 3.63) is 27.7 Å². The molecule has 0 aromatic heterocycles. The predicted molar refractivity (Wildman–Crippen MR) is 90.6 cm³/mol. The van der Waals surface area contributed by atoms with Gasteiger partial charge in [0.2, 0.25) is 10.0 Å². The average Bonchev–Trinajstić information content (AvgIpc) is 2.41. The summed E-state index contributed by atoms with van der Waals surface area (Å²) in [6, 6.07) is 2.92. The van der Waals surface area contributed by atoms with Crippen molar-refractivity contribution in [2.24, 2.45) is 5.73 Å². The molecule has 8 heteroatoms. The van der Waals surface area contributed by atoms with Gasteiger partial charge in [0.25, 0.3) is 0 Å². The zero-order chi connectivity index (χ0) is 16.0. The van der Waals surface area contributed by atoms with Gasteiger partial charge in [0.15, 0.2) is 0 Å². The monoisotopic (exact) mass is 366 g/mol. The summed E-state index contributed by atoms with van der Waals surface area (Å²) in [5, 5.41) is 0.216. The Morgan fingerprint density at radius 2 is 1.95 bits per heavy atom. The van der Waals surface area contributed by atoms with Crippen LogP contribution in [0.2, 0.25) is 10.0 Å². The van der Waals surface area contributed by atoms with Crippen LogP contribution < -0.4 is 10.5 Å². The normalized spacial score (nSPS) is 12.6. The quantitative estimate of drug-likeness (QED) is 0.784. The number of halogens is 2. The van der Waals surface area contributed by atoms with Crippen molar-refractivity contribution < 1.29 is 8.42 Å². The third-order valence-corrected chi connectivity index (χ3v) is 5.88. The highest BCUT2D eigenvalue weighted by Gasteiger charge is 2.22. The maximum absolute atomic E-state index is 12.3. The molecule has 3 N–H and O–H groups in total. The molecule has 4 nitrogen and oxygen atoms in total. The third-order valence-electron chi connectivity index (χ3n) is 2.56. The van der Waals surface area contributed by atoms with Crippen LogP contribution in [-0.2, 0) is 10.0 Å². The molecule has 0 spiro atoms. The van der Waals surface area contributed by atoms with Gasteiger partial charge >= 0.3 is 0 Å². The summed E-state index contributed by atoms with van der Waals surface area (Å²) in [7, 11) is -3.76. The summed E-state index contributed by atoms with van der Waals surface area (Å²) in [6.07, 6.45) is 1.91. The SMILES string of the molecule is CSC(C)CNS(=O)(=O)c1c(Cl)cc(C#CCN)cc1Cl. The standard InChI is InChI=1S/C13H16Cl2N2O2S2/c1-9(20-2)8-17-21(18,19)13-11(14)6-10(4-3-5-16)7-12(13)15/h6-7,9,17H,5,8,16H2,1-2H3. The Morgan fingerprint density at radius 1 is 1.38 bits per heavy atom. The molecule has 1 aromatic rings. The van der Waals surface area contributed by atoms with E-state index in [0.717, 1.165) is 0 Å². The highest BCUT2D eigenvalue weighted by Crippen LogP contribution is 2.30. The van der Waals surface area contributed by atoms with Gasteiger partial charge in [0, 0.05) is 17.4 Å². The first kappa shape index (κ1) is 18.6. The van der Waals surface area contributed by atoms with Crippen molar-refractivity contribution >= 4 is 45.0 Å². The number of rotatable bonds is 5. The second-order valence-electron chi connectivity index (χ2n) is 4.17. The molecular weight excluding hydrogens is 351 g/mol. The maximum Gasteiger partial charge on any atom is 0.243 e. The van der Waals surface area contributed by atoms with E-state index in [1.807, 2.05) is 13.2 Å². The van der Waals surface area contributed by atoms with Crippen molar-refractivity contribution in [3.8, 4) is 11.8 Å². The molecule has 0 radical (unpaired) electrons. The van der Waals surface area contributed by atoms with Crippen molar-refractivity contribution in [2.45, 2.75) is 17.1 Å². The van der Waals surface area contributed by atoms with Crippen molar-refractivity contribution in [1.82, 2.24) is 4.72 Å². The van der Waals surface area contributed by atoms with Gasteiger partial charge in [0.05, 0.1) is 16.6 Å². The second-order valence-corrected chi connectivity index (χ2v) is 7.97. The molecule has 0 aliphatic carbocycles. The van der Waals surface area contributed by atoms with Gasteiger partial charge in [0.1, 0.15) is 4.90 Å². The molecule has 1 aromatic carbocycles. The van der Waals surface area contributed by atoms with E-state index in [1.165, 1.54) is 12.1 Å².